The smallest absolute Gasteiger partial charge is 0.309 e. The molecule has 0 aromatic carbocycles. The zero-order valence-electron chi connectivity index (χ0n) is 9.41. The van der Waals surface area contributed by atoms with Crippen molar-refractivity contribution in [2.75, 3.05) is 26.6 Å². The Balaban J connectivity index is 3.61. The molecule has 0 saturated carbocycles. The van der Waals surface area contributed by atoms with E-state index >= 15 is 0 Å². The normalized spacial score (nSPS) is 14.9. The molecule has 0 fully saturated rings. The molecule has 3 nitrogen and oxygen atoms in total. The predicted molar refractivity (Wildman–Crippen MR) is 59.6 cm³/mol. The molecule has 0 heterocycles. The van der Waals surface area contributed by atoms with Gasteiger partial charge in [0.15, 0.2) is 0 Å². The van der Waals surface area contributed by atoms with Crippen molar-refractivity contribution in [1.29, 1.82) is 0 Å². The minimum absolute atomic E-state index is 0.0347. The van der Waals surface area contributed by atoms with Gasteiger partial charge in [-0.15, -0.1) is 0 Å². The molecule has 4 heteroatoms. The Kier molecular flexibility index (Phi) is 7.99. The van der Waals surface area contributed by atoms with Crippen LogP contribution in [0, 0.1) is 5.92 Å². The van der Waals surface area contributed by atoms with Gasteiger partial charge in [-0.05, 0) is 12.2 Å². The van der Waals surface area contributed by atoms with Gasteiger partial charge in [-0.2, -0.15) is 11.8 Å². The maximum Gasteiger partial charge on any atom is 0.309 e. The third kappa shape index (κ3) is 5.50. The van der Waals surface area contributed by atoms with Gasteiger partial charge in [-0.25, -0.2) is 0 Å². The largest absolute Gasteiger partial charge is 0.469 e. The molecule has 0 saturated heterocycles. The summed E-state index contributed by atoms with van der Waals surface area (Å²) in [6.07, 6.45) is 1.03. The predicted octanol–water partition coefficient (Wildman–Crippen LogP) is 1.95. The van der Waals surface area contributed by atoms with E-state index < -0.39 is 0 Å². The highest BCUT2D eigenvalue weighted by Gasteiger charge is 2.20. The van der Waals surface area contributed by atoms with Crippen molar-refractivity contribution in [2.24, 2.45) is 5.92 Å². The summed E-state index contributed by atoms with van der Waals surface area (Å²) >= 11 is 1.79. The maximum atomic E-state index is 11.2. The first-order valence-corrected chi connectivity index (χ1v) is 5.86. The molecule has 0 bridgehead atoms. The van der Waals surface area contributed by atoms with E-state index in [9.17, 15) is 4.79 Å². The van der Waals surface area contributed by atoms with Crippen LogP contribution in [0.1, 0.15) is 20.3 Å². The molecule has 0 rings (SSSR count). The van der Waals surface area contributed by atoms with Gasteiger partial charge >= 0.3 is 5.97 Å². The maximum absolute atomic E-state index is 11.2. The Morgan fingerprint density at radius 3 is 2.50 bits per heavy atom. The molecule has 0 aromatic heterocycles. The van der Waals surface area contributed by atoms with Crippen LogP contribution >= 0.6 is 11.8 Å². The van der Waals surface area contributed by atoms with Crippen LogP contribution in [-0.4, -0.2) is 37.8 Å². The summed E-state index contributed by atoms with van der Waals surface area (Å²) in [5.74, 6) is 0.861. The molecule has 0 aliphatic carbocycles. The molecule has 0 spiro atoms. The minimum Gasteiger partial charge on any atom is -0.469 e. The van der Waals surface area contributed by atoms with Crippen LogP contribution in [0.3, 0.4) is 0 Å². The quantitative estimate of drug-likeness (QED) is 0.485. The second-order valence-electron chi connectivity index (χ2n) is 3.23. The van der Waals surface area contributed by atoms with Crippen molar-refractivity contribution in [3.63, 3.8) is 0 Å². The lowest BCUT2D eigenvalue weighted by atomic mass is 10.1. The SMILES string of the molecule is COCCCSC(C)C(C)C(=O)OC. The Labute approximate surface area is 90.5 Å². The van der Waals surface area contributed by atoms with Gasteiger partial charge in [0.1, 0.15) is 0 Å². The third-order valence-electron chi connectivity index (χ3n) is 2.15. The molecule has 14 heavy (non-hydrogen) atoms. The lowest BCUT2D eigenvalue weighted by Gasteiger charge is -2.16. The van der Waals surface area contributed by atoms with Crippen molar-refractivity contribution in [2.45, 2.75) is 25.5 Å². The zero-order chi connectivity index (χ0) is 11.0. The summed E-state index contributed by atoms with van der Waals surface area (Å²) in [7, 11) is 3.13. The van der Waals surface area contributed by atoms with Crippen LogP contribution in [0.15, 0.2) is 0 Å². The molecule has 84 valence electrons. The van der Waals surface area contributed by atoms with E-state index in [-0.39, 0.29) is 11.9 Å². The van der Waals surface area contributed by atoms with Gasteiger partial charge < -0.3 is 9.47 Å². The molecule has 0 radical (unpaired) electrons. The Morgan fingerprint density at radius 2 is 2.00 bits per heavy atom. The zero-order valence-corrected chi connectivity index (χ0v) is 10.2. The summed E-state index contributed by atoms with van der Waals surface area (Å²) < 4.78 is 9.63. The van der Waals surface area contributed by atoms with E-state index in [0.29, 0.717) is 5.25 Å². The van der Waals surface area contributed by atoms with Gasteiger partial charge in [-0.1, -0.05) is 13.8 Å². The van der Waals surface area contributed by atoms with Gasteiger partial charge in [0.2, 0.25) is 0 Å². The van der Waals surface area contributed by atoms with E-state index in [2.05, 4.69) is 11.7 Å². The molecule has 0 aliphatic heterocycles. The Hall–Kier alpha value is -0.220. The lowest BCUT2D eigenvalue weighted by molar-refractivity contribution is -0.144. The Bertz CT molecular complexity index is 161. The van der Waals surface area contributed by atoms with Gasteiger partial charge in [0, 0.05) is 19.0 Å². The number of carbonyl (C=O) groups excluding carboxylic acids is 1. The van der Waals surface area contributed by atoms with Gasteiger partial charge in [-0.3, -0.25) is 4.79 Å². The van der Waals surface area contributed by atoms with Crippen LogP contribution in [0.2, 0.25) is 0 Å². The average Bonchev–Trinajstić information content (AvgIpc) is 2.21. The highest BCUT2D eigenvalue weighted by molar-refractivity contribution is 7.99. The average molecular weight is 220 g/mol. The number of methoxy groups -OCH3 is 2. The van der Waals surface area contributed by atoms with Gasteiger partial charge in [0.05, 0.1) is 13.0 Å². The first-order valence-electron chi connectivity index (χ1n) is 4.81. The van der Waals surface area contributed by atoms with Crippen LogP contribution < -0.4 is 0 Å². The minimum atomic E-state index is -0.128. The van der Waals surface area contributed by atoms with E-state index in [1.807, 2.05) is 6.92 Å². The second-order valence-corrected chi connectivity index (χ2v) is 4.72. The molecule has 0 aliphatic rings. The van der Waals surface area contributed by atoms with E-state index in [4.69, 9.17) is 4.74 Å². The molecule has 0 N–H and O–H groups in total. The highest BCUT2D eigenvalue weighted by atomic mass is 32.2. The summed E-state index contributed by atoms with van der Waals surface area (Å²) in [5, 5.41) is 0.305. The summed E-state index contributed by atoms with van der Waals surface area (Å²) in [6, 6.07) is 0. The summed E-state index contributed by atoms with van der Waals surface area (Å²) in [5.41, 5.74) is 0. The van der Waals surface area contributed by atoms with Crippen LogP contribution in [0.4, 0.5) is 0 Å². The number of hydrogen-bond acceptors (Lipinski definition) is 4. The summed E-state index contributed by atoms with van der Waals surface area (Å²) in [6.45, 7) is 4.74. The van der Waals surface area contributed by atoms with Crippen molar-refractivity contribution >= 4 is 17.7 Å². The number of esters is 1. The molecular weight excluding hydrogens is 200 g/mol. The second kappa shape index (κ2) is 8.12. The molecule has 0 amide bonds. The van der Waals surface area contributed by atoms with Crippen molar-refractivity contribution in [3.8, 4) is 0 Å². The topological polar surface area (TPSA) is 35.5 Å². The van der Waals surface area contributed by atoms with E-state index in [1.165, 1.54) is 7.11 Å². The molecule has 0 aromatic rings. The van der Waals surface area contributed by atoms with Crippen LogP contribution in [-0.2, 0) is 14.3 Å². The standard InChI is InChI=1S/C10H20O3S/c1-8(10(11)13-4)9(2)14-7-5-6-12-3/h8-9H,5-7H2,1-4H3. The summed E-state index contributed by atoms with van der Waals surface area (Å²) in [4.78, 5) is 11.2. The molecule has 2 unspecified atom stereocenters. The monoisotopic (exact) mass is 220 g/mol. The van der Waals surface area contributed by atoms with E-state index in [1.54, 1.807) is 18.9 Å². The van der Waals surface area contributed by atoms with E-state index in [0.717, 1.165) is 18.8 Å². The van der Waals surface area contributed by atoms with Crippen LogP contribution in [0.5, 0.6) is 0 Å². The van der Waals surface area contributed by atoms with Crippen molar-refractivity contribution < 1.29 is 14.3 Å². The number of carbonyl (C=O) groups is 1. The fraction of sp³-hybridized carbons (Fsp3) is 0.900. The molecule has 2 atom stereocenters. The Morgan fingerprint density at radius 1 is 1.36 bits per heavy atom. The first-order chi connectivity index (χ1) is 6.63. The number of hydrogen-bond donors (Lipinski definition) is 0. The van der Waals surface area contributed by atoms with Crippen molar-refractivity contribution in [1.82, 2.24) is 0 Å². The fourth-order valence-electron chi connectivity index (χ4n) is 0.994. The number of thioether (sulfide) groups is 1. The van der Waals surface area contributed by atoms with Crippen molar-refractivity contribution in [3.05, 3.63) is 0 Å². The number of rotatable bonds is 7. The molecular formula is C10H20O3S. The number of ether oxygens (including phenoxy) is 2. The van der Waals surface area contributed by atoms with Gasteiger partial charge in [0.25, 0.3) is 0 Å². The fourth-order valence-corrected chi connectivity index (χ4v) is 2.05. The lowest BCUT2D eigenvalue weighted by Crippen LogP contribution is -2.22. The highest BCUT2D eigenvalue weighted by Crippen LogP contribution is 2.20. The first kappa shape index (κ1) is 13.8. The van der Waals surface area contributed by atoms with Crippen LogP contribution in [0.25, 0.3) is 0 Å². The third-order valence-corrected chi connectivity index (χ3v) is 3.61.